The van der Waals surface area contributed by atoms with Crippen LogP contribution in [0.15, 0.2) is 0 Å². The molecule has 3 atom stereocenters. The molecule has 5 nitrogen and oxygen atoms in total. The number of carboxylic acids is 1. The molecule has 0 radical (unpaired) electrons. The average molecular weight is 308 g/mol. The van der Waals surface area contributed by atoms with Crippen molar-refractivity contribution in [2.75, 3.05) is 19.6 Å². The van der Waals surface area contributed by atoms with Crippen molar-refractivity contribution in [2.24, 2.45) is 23.7 Å². The molecule has 1 aliphatic heterocycles. The third-order valence-electron chi connectivity index (χ3n) is 5.81. The van der Waals surface area contributed by atoms with E-state index in [4.69, 9.17) is 5.11 Å². The number of piperidine rings is 1. The Morgan fingerprint density at radius 1 is 1.09 bits per heavy atom. The highest BCUT2D eigenvalue weighted by atomic mass is 16.4. The van der Waals surface area contributed by atoms with Gasteiger partial charge < -0.3 is 15.3 Å². The van der Waals surface area contributed by atoms with Gasteiger partial charge in [-0.05, 0) is 37.0 Å². The minimum atomic E-state index is -0.781. The molecule has 2 N–H and O–H groups in total. The SMILES string of the molecule is O=C(O)C1CCCN(C(=O)NC[C@@H]2C[C@H]2C2CCCCC2)C1. The summed E-state index contributed by atoms with van der Waals surface area (Å²) in [7, 11) is 0. The Labute approximate surface area is 132 Å². The molecule has 0 spiro atoms. The van der Waals surface area contributed by atoms with Crippen molar-refractivity contribution in [1.29, 1.82) is 0 Å². The summed E-state index contributed by atoms with van der Waals surface area (Å²) >= 11 is 0. The van der Waals surface area contributed by atoms with Crippen LogP contribution >= 0.6 is 0 Å². The van der Waals surface area contributed by atoms with Crippen molar-refractivity contribution < 1.29 is 14.7 Å². The van der Waals surface area contributed by atoms with E-state index in [1.54, 1.807) is 4.90 Å². The minimum absolute atomic E-state index is 0.0692. The number of nitrogens with zero attached hydrogens (tertiary/aromatic N) is 1. The maximum Gasteiger partial charge on any atom is 0.317 e. The molecule has 0 aromatic carbocycles. The lowest BCUT2D eigenvalue weighted by Crippen LogP contribution is -2.47. The van der Waals surface area contributed by atoms with Crippen LogP contribution in [0, 0.1) is 23.7 Å². The maximum absolute atomic E-state index is 12.2. The number of aliphatic carboxylic acids is 1. The minimum Gasteiger partial charge on any atom is -0.481 e. The zero-order valence-corrected chi connectivity index (χ0v) is 13.3. The Bertz CT molecular complexity index is 420. The molecular formula is C17H28N2O3. The predicted octanol–water partition coefficient (Wildman–Crippen LogP) is 2.71. The average Bonchev–Trinajstić information content (AvgIpc) is 3.33. The van der Waals surface area contributed by atoms with Gasteiger partial charge in [0.05, 0.1) is 5.92 Å². The van der Waals surface area contributed by atoms with Gasteiger partial charge in [-0.3, -0.25) is 4.79 Å². The molecule has 0 aromatic rings. The second-order valence-electron chi connectivity index (χ2n) is 7.37. The molecule has 1 heterocycles. The van der Waals surface area contributed by atoms with Crippen molar-refractivity contribution in [3.05, 3.63) is 0 Å². The first-order valence-corrected chi connectivity index (χ1v) is 8.90. The molecule has 0 aromatic heterocycles. The van der Waals surface area contributed by atoms with Crippen molar-refractivity contribution in [3.63, 3.8) is 0 Å². The monoisotopic (exact) mass is 308 g/mol. The number of rotatable bonds is 4. The zero-order valence-electron chi connectivity index (χ0n) is 13.3. The number of carboxylic acid groups (broad SMARTS) is 1. The molecular weight excluding hydrogens is 280 g/mol. The number of hydrogen-bond acceptors (Lipinski definition) is 2. The van der Waals surface area contributed by atoms with Crippen LogP contribution < -0.4 is 5.32 Å². The van der Waals surface area contributed by atoms with E-state index in [-0.39, 0.29) is 6.03 Å². The van der Waals surface area contributed by atoms with Crippen molar-refractivity contribution >= 4 is 12.0 Å². The number of carbonyl (C=O) groups is 2. The third-order valence-corrected chi connectivity index (χ3v) is 5.81. The molecule has 124 valence electrons. The van der Waals surface area contributed by atoms with Gasteiger partial charge in [-0.15, -0.1) is 0 Å². The van der Waals surface area contributed by atoms with E-state index in [9.17, 15) is 9.59 Å². The van der Waals surface area contributed by atoms with E-state index in [0.717, 1.165) is 24.8 Å². The summed E-state index contributed by atoms with van der Waals surface area (Å²) < 4.78 is 0. The summed E-state index contributed by atoms with van der Waals surface area (Å²) in [6.07, 6.45) is 9.65. The second kappa shape index (κ2) is 6.88. The fourth-order valence-electron chi connectivity index (χ4n) is 4.34. The van der Waals surface area contributed by atoms with Crippen LogP contribution in [-0.2, 0) is 4.79 Å². The van der Waals surface area contributed by atoms with Gasteiger partial charge in [0, 0.05) is 19.6 Å². The molecule has 3 fully saturated rings. The van der Waals surface area contributed by atoms with Crippen LogP contribution in [0.2, 0.25) is 0 Å². The summed E-state index contributed by atoms with van der Waals surface area (Å²) in [5.74, 6) is 1.20. The summed E-state index contributed by atoms with van der Waals surface area (Å²) in [5.41, 5.74) is 0. The molecule has 2 saturated carbocycles. The van der Waals surface area contributed by atoms with Crippen LogP contribution in [0.5, 0.6) is 0 Å². The van der Waals surface area contributed by atoms with Crippen LogP contribution in [0.25, 0.3) is 0 Å². The fraction of sp³-hybridized carbons (Fsp3) is 0.882. The summed E-state index contributed by atoms with van der Waals surface area (Å²) in [5, 5.41) is 12.1. The zero-order chi connectivity index (χ0) is 15.5. The topological polar surface area (TPSA) is 69.6 Å². The molecule has 1 unspecified atom stereocenters. The third kappa shape index (κ3) is 3.73. The van der Waals surface area contributed by atoms with Gasteiger partial charge in [0.2, 0.25) is 0 Å². The fourth-order valence-corrected chi connectivity index (χ4v) is 4.34. The molecule has 5 heteroatoms. The van der Waals surface area contributed by atoms with Gasteiger partial charge in [-0.25, -0.2) is 4.79 Å². The highest BCUT2D eigenvalue weighted by molar-refractivity contribution is 5.76. The standard InChI is InChI=1S/C17H28N2O3/c20-16(21)13-7-4-8-19(11-13)17(22)18-10-14-9-15(14)12-5-2-1-3-6-12/h12-15H,1-11H2,(H,18,22)(H,20,21)/t13?,14-,15-/m0/s1. The largest absolute Gasteiger partial charge is 0.481 e. The Morgan fingerprint density at radius 3 is 2.59 bits per heavy atom. The van der Waals surface area contributed by atoms with Crippen molar-refractivity contribution in [3.8, 4) is 0 Å². The van der Waals surface area contributed by atoms with E-state index >= 15 is 0 Å². The highest BCUT2D eigenvalue weighted by Gasteiger charge is 2.42. The number of urea groups is 1. The number of likely N-dealkylation sites (tertiary alicyclic amines) is 1. The van der Waals surface area contributed by atoms with Gasteiger partial charge in [-0.1, -0.05) is 32.1 Å². The summed E-state index contributed by atoms with van der Waals surface area (Å²) in [6.45, 7) is 1.82. The molecule has 0 bridgehead atoms. The van der Waals surface area contributed by atoms with E-state index in [2.05, 4.69) is 5.32 Å². The highest BCUT2D eigenvalue weighted by Crippen LogP contribution is 2.48. The summed E-state index contributed by atoms with van der Waals surface area (Å²) in [4.78, 5) is 24.9. The quantitative estimate of drug-likeness (QED) is 0.839. The van der Waals surface area contributed by atoms with Gasteiger partial charge in [0.1, 0.15) is 0 Å². The first-order valence-electron chi connectivity index (χ1n) is 8.90. The Hall–Kier alpha value is -1.26. The van der Waals surface area contributed by atoms with Gasteiger partial charge in [-0.2, -0.15) is 0 Å². The second-order valence-corrected chi connectivity index (χ2v) is 7.37. The Balaban J connectivity index is 1.38. The van der Waals surface area contributed by atoms with Crippen molar-refractivity contribution in [1.82, 2.24) is 10.2 Å². The van der Waals surface area contributed by atoms with Gasteiger partial charge in [0.15, 0.2) is 0 Å². The summed E-state index contributed by atoms with van der Waals surface area (Å²) in [6, 6.07) is -0.0692. The first-order chi connectivity index (χ1) is 10.6. The van der Waals surface area contributed by atoms with Gasteiger partial charge in [0.25, 0.3) is 0 Å². The predicted molar refractivity (Wildman–Crippen MR) is 83.5 cm³/mol. The number of hydrogen-bond donors (Lipinski definition) is 2. The molecule has 2 amide bonds. The lowest BCUT2D eigenvalue weighted by molar-refractivity contribution is -0.143. The maximum atomic E-state index is 12.2. The molecule has 3 rings (SSSR count). The van der Waals surface area contributed by atoms with Crippen LogP contribution in [-0.4, -0.2) is 41.6 Å². The lowest BCUT2D eigenvalue weighted by Gasteiger charge is -2.30. The molecule has 2 aliphatic carbocycles. The molecule has 1 saturated heterocycles. The smallest absolute Gasteiger partial charge is 0.317 e. The van der Waals surface area contributed by atoms with Crippen LogP contribution in [0.4, 0.5) is 4.79 Å². The van der Waals surface area contributed by atoms with Crippen molar-refractivity contribution in [2.45, 2.75) is 51.4 Å². The van der Waals surface area contributed by atoms with E-state index in [1.807, 2.05) is 0 Å². The lowest BCUT2D eigenvalue weighted by atomic mass is 9.85. The Morgan fingerprint density at radius 2 is 1.86 bits per heavy atom. The van der Waals surface area contributed by atoms with E-state index in [1.165, 1.54) is 38.5 Å². The number of amides is 2. The molecule has 22 heavy (non-hydrogen) atoms. The van der Waals surface area contributed by atoms with E-state index < -0.39 is 11.9 Å². The van der Waals surface area contributed by atoms with Gasteiger partial charge >= 0.3 is 12.0 Å². The number of nitrogens with one attached hydrogen (secondary N) is 1. The first kappa shape index (κ1) is 15.6. The number of carbonyl (C=O) groups excluding carboxylic acids is 1. The molecule has 3 aliphatic rings. The van der Waals surface area contributed by atoms with E-state index in [0.29, 0.717) is 25.4 Å². The normalized spacial score (nSPS) is 32.5. The van der Waals surface area contributed by atoms with Crippen LogP contribution in [0.1, 0.15) is 51.4 Å². The Kier molecular flexibility index (Phi) is 4.89. The van der Waals surface area contributed by atoms with Crippen LogP contribution in [0.3, 0.4) is 0 Å².